The fourth-order valence-electron chi connectivity index (χ4n) is 0.926. The molecule has 1 aromatic heterocycles. The van der Waals surface area contributed by atoms with E-state index in [1.807, 2.05) is 18.8 Å². The van der Waals surface area contributed by atoms with Gasteiger partial charge in [0.25, 0.3) is 5.91 Å². The Bertz CT molecular complexity index is 242. The number of aryl methyl sites for hydroxylation is 1. The van der Waals surface area contributed by atoms with Crippen molar-refractivity contribution in [2.24, 2.45) is 5.73 Å². The third kappa shape index (κ3) is 1.22. The van der Waals surface area contributed by atoms with Crippen LogP contribution in [0.5, 0.6) is 0 Å². The van der Waals surface area contributed by atoms with Gasteiger partial charge in [0, 0.05) is 0 Å². The molecule has 1 aromatic rings. The Morgan fingerprint density at radius 3 is 2.90 bits per heavy atom. The number of nitrogens with two attached hydrogens (primary N) is 1. The van der Waals surface area contributed by atoms with Crippen LogP contribution in [0.15, 0.2) is 11.9 Å². The number of rotatable bonds is 2. The minimum Gasteiger partial charge on any atom is -0.365 e. The van der Waals surface area contributed by atoms with Gasteiger partial charge in [-0.05, 0) is 17.8 Å². The van der Waals surface area contributed by atoms with Crippen molar-refractivity contribution in [1.29, 1.82) is 0 Å². The number of primary amides is 1. The molecule has 54 valence electrons. The smallest absolute Gasteiger partial charge is 0.252 e. The zero-order valence-electron chi connectivity index (χ0n) is 5.85. The lowest BCUT2D eigenvalue weighted by molar-refractivity contribution is 0.100. The van der Waals surface area contributed by atoms with Gasteiger partial charge in [-0.25, -0.2) is 0 Å². The Morgan fingerprint density at radius 1 is 1.80 bits per heavy atom. The van der Waals surface area contributed by atoms with Gasteiger partial charge in [-0.3, -0.25) is 4.79 Å². The Kier molecular flexibility index (Phi) is 2.13. The number of hydrogen-bond donors (Lipinski definition) is 1. The molecule has 0 aliphatic rings. The van der Waals surface area contributed by atoms with E-state index in [2.05, 4.69) is 0 Å². The van der Waals surface area contributed by atoms with Crippen molar-refractivity contribution in [3.8, 4) is 0 Å². The van der Waals surface area contributed by atoms with Crippen LogP contribution in [0.3, 0.4) is 0 Å². The van der Waals surface area contributed by atoms with E-state index in [9.17, 15) is 4.79 Å². The van der Waals surface area contributed by atoms with Crippen molar-refractivity contribution in [3.63, 3.8) is 0 Å². The highest BCUT2D eigenvalue weighted by molar-refractivity contribution is 7.32. The highest BCUT2D eigenvalue weighted by Crippen LogP contribution is 2.20. The monoisotopic (exact) mass is 155 g/mol. The van der Waals surface area contributed by atoms with E-state index in [0.29, 0.717) is 8.19 Å². The second-order valence-corrected chi connectivity index (χ2v) is 3.22. The van der Waals surface area contributed by atoms with E-state index in [1.54, 1.807) is 0 Å². The molecule has 1 heterocycles. The molecule has 0 bridgehead atoms. The molecule has 0 spiro atoms. The molecule has 0 radical (unpaired) electrons. The van der Waals surface area contributed by atoms with Crippen LogP contribution in [0.4, 0.5) is 0 Å². The fourth-order valence-corrected chi connectivity index (χ4v) is 1.96. The largest absolute Gasteiger partial charge is 0.365 e. The van der Waals surface area contributed by atoms with Crippen LogP contribution in [0.25, 0.3) is 0 Å². The summed E-state index contributed by atoms with van der Waals surface area (Å²) in [5.74, 6) is 1.74. The molecule has 0 fully saturated rings. The van der Waals surface area contributed by atoms with Crippen LogP contribution < -0.4 is 5.73 Å². The van der Waals surface area contributed by atoms with Crippen LogP contribution >= 0.6 is 8.19 Å². The summed E-state index contributed by atoms with van der Waals surface area (Å²) in [4.78, 5) is 10.7. The van der Waals surface area contributed by atoms with E-state index >= 15 is 0 Å². The van der Waals surface area contributed by atoms with Gasteiger partial charge >= 0.3 is 0 Å². The Labute approximate surface area is 61.5 Å². The second kappa shape index (κ2) is 2.89. The summed E-state index contributed by atoms with van der Waals surface area (Å²) in [6.45, 7) is 2.03. The highest BCUT2D eigenvalue weighted by Gasteiger charge is 2.04. The predicted molar refractivity (Wildman–Crippen MR) is 43.8 cm³/mol. The number of hydrogen-bond acceptors (Lipinski definition) is 1. The molecule has 0 aliphatic heterocycles. The lowest BCUT2D eigenvalue weighted by Crippen LogP contribution is -2.10. The molecule has 1 unspecified atom stereocenters. The van der Waals surface area contributed by atoms with Crippen molar-refractivity contribution >= 4 is 14.1 Å². The van der Waals surface area contributed by atoms with Gasteiger partial charge in [-0.1, -0.05) is 13.0 Å². The molecule has 0 aliphatic carbocycles. The van der Waals surface area contributed by atoms with Crippen LogP contribution in [-0.4, -0.2) is 5.91 Å². The van der Waals surface area contributed by atoms with Gasteiger partial charge in [-0.15, -0.1) is 8.19 Å². The topological polar surface area (TPSA) is 43.1 Å². The molecule has 1 atom stereocenters. The summed E-state index contributed by atoms with van der Waals surface area (Å²) >= 11 is 0. The fraction of sp³-hybridized carbons (Fsp3) is 0.286. The zero-order chi connectivity index (χ0) is 7.56. The van der Waals surface area contributed by atoms with E-state index in [4.69, 9.17) is 5.73 Å². The number of carbonyl (C=O) groups excluding carboxylic acids is 1. The van der Waals surface area contributed by atoms with E-state index < -0.39 is 0 Å². The first kappa shape index (κ1) is 7.36. The van der Waals surface area contributed by atoms with Crippen molar-refractivity contribution in [3.05, 3.63) is 22.7 Å². The van der Waals surface area contributed by atoms with Gasteiger partial charge in [0.15, 0.2) is 0 Å². The lowest BCUT2D eigenvalue weighted by atomic mass is 10.2. The summed E-state index contributed by atoms with van der Waals surface area (Å²) in [5, 5.41) is 0.808. The molecular formula is C7H10NOP. The maximum Gasteiger partial charge on any atom is 0.252 e. The number of carbonyl (C=O) groups is 1. The molecule has 2 N–H and O–H groups in total. The number of amides is 1. The average Bonchev–Trinajstić information content (AvgIpc) is 2.33. The summed E-state index contributed by atoms with van der Waals surface area (Å²) in [6, 6.07) is 1.98. The van der Waals surface area contributed by atoms with Gasteiger partial charge in [-0.2, -0.15) is 0 Å². The van der Waals surface area contributed by atoms with Crippen molar-refractivity contribution < 1.29 is 4.79 Å². The quantitative estimate of drug-likeness (QED) is 0.688. The van der Waals surface area contributed by atoms with Crippen LogP contribution in [0.1, 0.15) is 22.6 Å². The lowest BCUT2D eigenvalue weighted by Gasteiger charge is -1.93. The predicted octanol–water partition coefficient (Wildman–Crippen LogP) is 1.38. The van der Waals surface area contributed by atoms with Crippen molar-refractivity contribution in [2.75, 3.05) is 0 Å². The molecule has 3 heteroatoms. The van der Waals surface area contributed by atoms with E-state index in [1.165, 1.54) is 0 Å². The normalized spacial score (nSPS) is 10.5. The van der Waals surface area contributed by atoms with E-state index in [-0.39, 0.29) is 5.91 Å². The van der Waals surface area contributed by atoms with Crippen molar-refractivity contribution in [1.82, 2.24) is 0 Å². The Balaban J connectivity index is 3.01. The first-order chi connectivity index (χ1) is 4.75. The SMILES string of the molecule is CCc1cc[pH]c1C(N)=O. The first-order valence-electron chi connectivity index (χ1n) is 3.21. The molecule has 1 amide bonds. The third-order valence-corrected chi connectivity index (χ3v) is 2.65. The first-order valence-corrected chi connectivity index (χ1v) is 4.29. The van der Waals surface area contributed by atoms with Crippen molar-refractivity contribution in [2.45, 2.75) is 13.3 Å². The summed E-state index contributed by atoms with van der Waals surface area (Å²) in [5.41, 5.74) is 6.24. The Hall–Kier alpha value is -0.750. The minimum atomic E-state index is -0.264. The minimum absolute atomic E-state index is 0.264. The average molecular weight is 155 g/mol. The highest BCUT2D eigenvalue weighted by atomic mass is 31.0. The molecule has 0 saturated heterocycles. The Morgan fingerprint density at radius 2 is 2.50 bits per heavy atom. The third-order valence-electron chi connectivity index (χ3n) is 1.46. The van der Waals surface area contributed by atoms with Crippen LogP contribution in [0.2, 0.25) is 0 Å². The van der Waals surface area contributed by atoms with Gasteiger partial charge in [0.2, 0.25) is 0 Å². The van der Waals surface area contributed by atoms with Gasteiger partial charge < -0.3 is 5.73 Å². The van der Waals surface area contributed by atoms with Gasteiger partial charge in [0.1, 0.15) is 0 Å². The maximum absolute atomic E-state index is 10.7. The molecule has 0 aromatic carbocycles. The molecule has 10 heavy (non-hydrogen) atoms. The maximum atomic E-state index is 10.7. The van der Waals surface area contributed by atoms with Crippen LogP contribution in [0, 0.1) is 0 Å². The molecular weight excluding hydrogens is 145 g/mol. The summed E-state index contributed by atoms with van der Waals surface area (Å²) in [6.07, 6.45) is 0.905. The summed E-state index contributed by atoms with van der Waals surface area (Å²) < 4.78 is 0. The van der Waals surface area contributed by atoms with Gasteiger partial charge in [0.05, 0.1) is 5.30 Å². The standard InChI is InChI=1S/C7H10NOP/c1-2-5-3-4-10-6(5)7(8)9/h3-4,10H,2H2,1H3,(H2,8,9). The second-order valence-electron chi connectivity index (χ2n) is 2.10. The molecule has 1 rings (SSSR count). The zero-order valence-corrected chi connectivity index (χ0v) is 6.85. The summed E-state index contributed by atoms with van der Waals surface area (Å²) in [7, 11) is 0.492. The van der Waals surface area contributed by atoms with E-state index in [0.717, 1.165) is 17.3 Å². The molecule has 2 nitrogen and oxygen atoms in total. The van der Waals surface area contributed by atoms with Crippen LogP contribution in [-0.2, 0) is 6.42 Å². The molecule has 0 saturated carbocycles.